The highest BCUT2D eigenvalue weighted by atomic mass is 16.1. The average Bonchev–Trinajstić information content (AvgIpc) is 2.41. The Morgan fingerprint density at radius 3 is 2.22 bits per heavy atom. The number of ketones is 1. The molecule has 0 aliphatic carbocycles. The number of benzene rings is 2. The Morgan fingerprint density at radius 1 is 1.00 bits per heavy atom. The number of aryl methyl sites for hydroxylation is 1. The van der Waals surface area contributed by atoms with Crippen molar-refractivity contribution in [1.82, 2.24) is 0 Å². The number of carbonyl (C=O) groups excluding carboxylic acids is 1. The van der Waals surface area contributed by atoms with E-state index in [1.807, 2.05) is 61.5 Å². The minimum Gasteiger partial charge on any atom is -0.294 e. The maximum absolute atomic E-state index is 12.1. The Hall–Kier alpha value is -2.15. The zero-order valence-electron chi connectivity index (χ0n) is 10.5. The molecule has 0 saturated carbocycles. The molecule has 0 fully saturated rings. The molecule has 90 valence electrons. The van der Waals surface area contributed by atoms with Crippen LogP contribution in [0.5, 0.6) is 0 Å². The van der Waals surface area contributed by atoms with Crippen LogP contribution in [0, 0.1) is 6.92 Å². The highest BCUT2D eigenvalue weighted by molar-refractivity contribution is 6.20. The summed E-state index contributed by atoms with van der Waals surface area (Å²) in [6, 6.07) is 17.6. The van der Waals surface area contributed by atoms with Crippen LogP contribution in [0.2, 0.25) is 0 Å². The second-order valence-electron chi connectivity index (χ2n) is 4.43. The lowest BCUT2D eigenvalue weighted by Crippen LogP contribution is -2.04. The van der Waals surface area contributed by atoms with Gasteiger partial charge in [-0.3, -0.25) is 4.79 Å². The molecule has 1 heteroatoms. The van der Waals surface area contributed by atoms with Crippen molar-refractivity contribution in [3.8, 4) is 0 Å². The lowest BCUT2D eigenvalue weighted by Gasteiger charge is -2.05. The summed E-state index contributed by atoms with van der Waals surface area (Å²) in [5, 5.41) is 0. The molecule has 0 amide bonds. The van der Waals surface area contributed by atoms with Crippen LogP contribution < -0.4 is 0 Å². The van der Waals surface area contributed by atoms with E-state index >= 15 is 0 Å². The molecule has 0 radical (unpaired) electrons. The Kier molecular flexibility index (Phi) is 3.73. The van der Waals surface area contributed by atoms with Crippen LogP contribution in [-0.4, -0.2) is 5.78 Å². The first kappa shape index (κ1) is 12.3. The Bertz CT molecular complexity index is 550. The molecule has 0 aromatic heterocycles. The molecule has 2 rings (SSSR count). The van der Waals surface area contributed by atoms with Gasteiger partial charge in [0.05, 0.1) is 0 Å². The highest BCUT2D eigenvalue weighted by Crippen LogP contribution is 2.15. The van der Waals surface area contributed by atoms with Gasteiger partial charge in [-0.15, -0.1) is 0 Å². The molecule has 0 atom stereocenters. The third-order valence-corrected chi connectivity index (χ3v) is 2.94. The van der Waals surface area contributed by atoms with E-state index in [4.69, 9.17) is 0 Å². The monoisotopic (exact) mass is 236 g/mol. The van der Waals surface area contributed by atoms with Crippen molar-refractivity contribution in [2.75, 3.05) is 0 Å². The fourth-order valence-electron chi connectivity index (χ4n) is 1.80. The molecule has 2 aromatic carbocycles. The Morgan fingerprint density at radius 2 is 1.61 bits per heavy atom. The van der Waals surface area contributed by atoms with E-state index in [1.54, 1.807) is 0 Å². The summed E-state index contributed by atoms with van der Waals surface area (Å²) in [4.78, 5) is 12.1. The molecule has 0 aliphatic heterocycles. The van der Waals surface area contributed by atoms with Crippen LogP contribution >= 0.6 is 0 Å². The van der Waals surface area contributed by atoms with Gasteiger partial charge in [-0.05, 0) is 18.1 Å². The number of hydrogen-bond donors (Lipinski definition) is 0. The van der Waals surface area contributed by atoms with Gasteiger partial charge in [0.25, 0.3) is 0 Å². The topological polar surface area (TPSA) is 17.1 Å². The highest BCUT2D eigenvalue weighted by Gasteiger charge is 2.09. The van der Waals surface area contributed by atoms with E-state index in [0.29, 0.717) is 12.0 Å². The molecular formula is C17H16O. The van der Waals surface area contributed by atoms with Crippen molar-refractivity contribution < 1.29 is 4.79 Å². The number of carbonyl (C=O) groups is 1. The van der Waals surface area contributed by atoms with Crippen molar-refractivity contribution in [3.63, 3.8) is 0 Å². The van der Waals surface area contributed by atoms with E-state index < -0.39 is 0 Å². The van der Waals surface area contributed by atoms with Crippen LogP contribution in [0.15, 0.2) is 61.2 Å². The van der Waals surface area contributed by atoms with Gasteiger partial charge in [0.1, 0.15) is 0 Å². The number of hydrogen-bond acceptors (Lipinski definition) is 1. The normalized spacial score (nSPS) is 10.1. The third-order valence-electron chi connectivity index (χ3n) is 2.94. The smallest absolute Gasteiger partial charge is 0.167 e. The summed E-state index contributed by atoms with van der Waals surface area (Å²) in [5.74, 6) is 0.0741. The molecule has 0 unspecified atom stereocenters. The molecule has 0 saturated heterocycles. The standard InChI is InChI=1S/C17H16O/c1-13-8-10-15(11-9-13)12-17(18)14(2)16-6-4-3-5-7-16/h3-11H,2,12H2,1H3. The van der Waals surface area contributed by atoms with Gasteiger partial charge in [0.15, 0.2) is 5.78 Å². The number of Topliss-reactive ketones (excluding diaryl/α,β-unsaturated/α-hetero) is 1. The van der Waals surface area contributed by atoms with Crippen molar-refractivity contribution in [1.29, 1.82) is 0 Å². The first-order valence-electron chi connectivity index (χ1n) is 6.00. The molecule has 18 heavy (non-hydrogen) atoms. The average molecular weight is 236 g/mol. The van der Waals surface area contributed by atoms with Crippen LogP contribution in [0.3, 0.4) is 0 Å². The van der Waals surface area contributed by atoms with Crippen molar-refractivity contribution in [3.05, 3.63) is 77.9 Å². The Balaban J connectivity index is 2.09. The van der Waals surface area contributed by atoms with Crippen molar-refractivity contribution >= 4 is 11.4 Å². The zero-order valence-corrected chi connectivity index (χ0v) is 10.5. The minimum absolute atomic E-state index is 0.0741. The number of rotatable bonds is 4. The first-order chi connectivity index (χ1) is 8.66. The summed E-state index contributed by atoms with van der Waals surface area (Å²) in [7, 11) is 0. The van der Waals surface area contributed by atoms with E-state index in [9.17, 15) is 4.79 Å². The van der Waals surface area contributed by atoms with Gasteiger partial charge in [-0.25, -0.2) is 0 Å². The van der Waals surface area contributed by atoms with E-state index in [0.717, 1.165) is 11.1 Å². The summed E-state index contributed by atoms with van der Waals surface area (Å²) in [5.41, 5.74) is 3.71. The maximum Gasteiger partial charge on any atom is 0.167 e. The second-order valence-corrected chi connectivity index (χ2v) is 4.43. The van der Waals surface area contributed by atoms with Crippen LogP contribution in [-0.2, 0) is 11.2 Å². The quantitative estimate of drug-likeness (QED) is 0.737. The van der Waals surface area contributed by atoms with E-state index in [1.165, 1.54) is 5.56 Å². The van der Waals surface area contributed by atoms with E-state index in [2.05, 4.69) is 6.58 Å². The fraction of sp³-hybridized carbons (Fsp3) is 0.118. The summed E-state index contributed by atoms with van der Waals surface area (Å²) < 4.78 is 0. The molecule has 0 N–H and O–H groups in total. The van der Waals surface area contributed by atoms with Crippen LogP contribution in [0.1, 0.15) is 16.7 Å². The van der Waals surface area contributed by atoms with Crippen molar-refractivity contribution in [2.45, 2.75) is 13.3 Å². The van der Waals surface area contributed by atoms with Gasteiger partial charge in [0, 0.05) is 12.0 Å². The SMILES string of the molecule is C=C(C(=O)Cc1ccc(C)cc1)c1ccccc1. The molecule has 0 spiro atoms. The molecule has 1 nitrogen and oxygen atoms in total. The molecule has 2 aromatic rings. The molecule has 0 aliphatic rings. The van der Waals surface area contributed by atoms with E-state index in [-0.39, 0.29) is 5.78 Å². The maximum atomic E-state index is 12.1. The van der Waals surface area contributed by atoms with Gasteiger partial charge < -0.3 is 0 Å². The summed E-state index contributed by atoms with van der Waals surface area (Å²) in [6.07, 6.45) is 0.411. The summed E-state index contributed by atoms with van der Waals surface area (Å²) in [6.45, 7) is 5.93. The fourth-order valence-corrected chi connectivity index (χ4v) is 1.80. The predicted molar refractivity (Wildman–Crippen MR) is 75.4 cm³/mol. The molecule has 0 bridgehead atoms. The lowest BCUT2D eigenvalue weighted by atomic mass is 9.98. The molecular weight excluding hydrogens is 220 g/mol. The van der Waals surface area contributed by atoms with Gasteiger partial charge in [-0.1, -0.05) is 66.7 Å². The number of allylic oxidation sites excluding steroid dienone is 1. The summed E-state index contributed by atoms with van der Waals surface area (Å²) >= 11 is 0. The van der Waals surface area contributed by atoms with Gasteiger partial charge in [-0.2, -0.15) is 0 Å². The largest absolute Gasteiger partial charge is 0.294 e. The van der Waals surface area contributed by atoms with Crippen LogP contribution in [0.4, 0.5) is 0 Å². The third kappa shape index (κ3) is 2.95. The van der Waals surface area contributed by atoms with Crippen LogP contribution in [0.25, 0.3) is 5.57 Å². The Labute approximate surface area is 108 Å². The van der Waals surface area contributed by atoms with Crippen molar-refractivity contribution in [2.24, 2.45) is 0 Å². The molecule has 0 heterocycles. The first-order valence-corrected chi connectivity index (χ1v) is 6.00. The van der Waals surface area contributed by atoms with Gasteiger partial charge in [0.2, 0.25) is 0 Å². The minimum atomic E-state index is 0.0741. The van der Waals surface area contributed by atoms with Gasteiger partial charge >= 0.3 is 0 Å². The second kappa shape index (κ2) is 5.46. The zero-order chi connectivity index (χ0) is 13.0. The predicted octanol–water partition coefficient (Wildman–Crippen LogP) is 3.82. The lowest BCUT2D eigenvalue weighted by molar-refractivity contribution is -0.113.